The van der Waals surface area contributed by atoms with Crippen LogP contribution in [0.5, 0.6) is 0 Å². The van der Waals surface area contributed by atoms with Gasteiger partial charge in [-0.15, -0.1) is 0 Å². The Bertz CT molecular complexity index is 213. The predicted molar refractivity (Wildman–Crippen MR) is 78.7 cm³/mol. The molecule has 2 aliphatic rings. The van der Waals surface area contributed by atoms with Gasteiger partial charge in [0.25, 0.3) is 0 Å². The molecule has 2 saturated carbocycles. The molecule has 2 fully saturated rings. The average molecular weight is 255 g/mol. The second-order valence-corrected chi connectivity index (χ2v) is 7.50. The quantitative estimate of drug-likeness (QED) is 0.794. The fraction of sp³-hybridized carbons (Fsp3) is 1.00. The molecular weight excluding hydrogens is 226 g/mol. The Morgan fingerprint density at radius 3 is 2.53 bits per heavy atom. The molecule has 0 spiro atoms. The van der Waals surface area contributed by atoms with Gasteiger partial charge in [0, 0.05) is 17.0 Å². The molecule has 2 aliphatic carbocycles. The number of rotatable bonds is 5. The number of hydrogen-bond acceptors (Lipinski definition) is 2. The van der Waals surface area contributed by atoms with Crippen LogP contribution < -0.4 is 5.32 Å². The van der Waals surface area contributed by atoms with Crippen molar-refractivity contribution in [2.24, 2.45) is 11.8 Å². The minimum atomic E-state index is 0.778. The van der Waals surface area contributed by atoms with Crippen molar-refractivity contribution in [3.05, 3.63) is 0 Å². The molecule has 0 bridgehead atoms. The van der Waals surface area contributed by atoms with Gasteiger partial charge in [0.15, 0.2) is 0 Å². The van der Waals surface area contributed by atoms with Gasteiger partial charge in [0.2, 0.25) is 0 Å². The van der Waals surface area contributed by atoms with Gasteiger partial charge in [-0.25, -0.2) is 0 Å². The Morgan fingerprint density at radius 1 is 1.12 bits per heavy atom. The maximum atomic E-state index is 3.57. The minimum Gasteiger partial charge on any atom is -0.316 e. The lowest BCUT2D eigenvalue weighted by Gasteiger charge is -2.29. The Balaban J connectivity index is 1.71. The third-order valence-corrected chi connectivity index (χ3v) is 6.19. The van der Waals surface area contributed by atoms with Gasteiger partial charge in [-0.3, -0.25) is 0 Å². The van der Waals surface area contributed by atoms with E-state index in [-0.39, 0.29) is 0 Å². The van der Waals surface area contributed by atoms with Gasteiger partial charge in [-0.1, -0.05) is 32.6 Å². The lowest BCUT2D eigenvalue weighted by atomic mass is 9.91. The molecule has 2 rings (SSSR count). The van der Waals surface area contributed by atoms with Crippen LogP contribution in [0.2, 0.25) is 0 Å². The molecule has 0 aromatic heterocycles. The van der Waals surface area contributed by atoms with Crippen molar-refractivity contribution >= 4 is 11.8 Å². The maximum absolute atomic E-state index is 3.57. The van der Waals surface area contributed by atoms with Gasteiger partial charge >= 0.3 is 0 Å². The fourth-order valence-corrected chi connectivity index (χ4v) is 5.30. The van der Waals surface area contributed by atoms with E-state index in [9.17, 15) is 0 Å². The summed E-state index contributed by atoms with van der Waals surface area (Å²) in [6, 6.07) is 0.778. The summed E-state index contributed by atoms with van der Waals surface area (Å²) in [6.07, 6.45) is 11.7. The molecule has 0 aromatic carbocycles. The molecule has 1 N–H and O–H groups in total. The largest absolute Gasteiger partial charge is 0.316 e. The Kier molecular flexibility index (Phi) is 5.68. The fourth-order valence-electron chi connectivity index (χ4n) is 3.58. The van der Waals surface area contributed by atoms with E-state index in [0.29, 0.717) is 0 Å². The van der Waals surface area contributed by atoms with E-state index in [1.165, 1.54) is 57.1 Å². The normalized spacial score (nSPS) is 32.8. The van der Waals surface area contributed by atoms with Crippen LogP contribution in [0.1, 0.15) is 58.3 Å². The van der Waals surface area contributed by atoms with Crippen LogP contribution in [0, 0.1) is 11.8 Å². The molecule has 2 heteroatoms. The van der Waals surface area contributed by atoms with Gasteiger partial charge in [0.1, 0.15) is 0 Å². The van der Waals surface area contributed by atoms with Crippen LogP contribution in [0.15, 0.2) is 0 Å². The molecular formula is C15H29NS. The van der Waals surface area contributed by atoms with Gasteiger partial charge in [0.05, 0.1) is 0 Å². The molecule has 17 heavy (non-hydrogen) atoms. The predicted octanol–water partition coefficient (Wildman–Crippen LogP) is 4.08. The number of thioether (sulfide) groups is 1. The maximum Gasteiger partial charge on any atom is 0.0183 e. The van der Waals surface area contributed by atoms with E-state index in [0.717, 1.165) is 23.1 Å². The lowest BCUT2D eigenvalue weighted by Crippen LogP contribution is -2.35. The lowest BCUT2D eigenvalue weighted by molar-refractivity contribution is 0.389. The third kappa shape index (κ3) is 4.17. The van der Waals surface area contributed by atoms with Crippen molar-refractivity contribution in [1.29, 1.82) is 0 Å². The van der Waals surface area contributed by atoms with Crippen LogP contribution in [0.25, 0.3) is 0 Å². The van der Waals surface area contributed by atoms with Crippen LogP contribution >= 0.6 is 11.8 Å². The van der Waals surface area contributed by atoms with Crippen molar-refractivity contribution in [3.8, 4) is 0 Å². The molecule has 100 valence electrons. The molecule has 0 aromatic rings. The first-order valence-electron chi connectivity index (χ1n) is 7.58. The van der Waals surface area contributed by atoms with Gasteiger partial charge < -0.3 is 5.32 Å². The highest BCUT2D eigenvalue weighted by molar-refractivity contribution is 7.99. The van der Waals surface area contributed by atoms with Crippen LogP contribution in [-0.2, 0) is 0 Å². The SMILES string of the molecule is CNC(CSC1CCCC(C)C1)C1CCCC1. The molecule has 0 amide bonds. The van der Waals surface area contributed by atoms with Crippen molar-refractivity contribution in [1.82, 2.24) is 5.32 Å². The summed E-state index contributed by atoms with van der Waals surface area (Å²) in [5.74, 6) is 3.28. The highest BCUT2D eigenvalue weighted by Crippen LogP contribution is 2.34. The summed E-state index contributed by atoms with van der Waals surface area (Å²) >= 11 is 2.26. The molecule has 0 radical (unpaired) electrons. The molecule has 3 atom stereocenters. The topological polar surface area (TPSA) is 12.0 Å². The van der Waals surface area contributed by atoms with Crippen LogP contribution in [0.3, 0.4) is 0 Å². The second-order valence-electron chi connectivity index (χ2n) is 6.17. The Morgan fingerprint density at radius 2 is 1.88 bits per heavy atom. The first kappa shape index (κ1) is 13.7. The van der Waals surface area contributed by atoms with Crippen molar-refractivity contribution in [3.63, 3.8) is 0 Å². The number of hydrogen-bond donors (Lipinski definition) is 1. The summed E-state index contributed by atoms with van der Waals surface area (Å²) in [5, 5.41) is 4.53. The van der Waals surface area contributed by atoms with E-state index < -0.39 is 0 Å². The highest BCUT2D eigenvalue weighted by Gasteiger charge is 2.26. The molecule has 1 nitrogen and oxygen atoms in total. The van der Waals surface area contributed by atoms with E-state index in [1.807, 2.05) is 0 Å². The van der Waals surface area contributed by atoms with E-state index >= 15 is 0 Å². The zero-order valence-corrected chi connectivity index (χ0v) is 12.4. The Labute approximate surface area is 112 Å². The second kappa shape index (κ2) is 7.04. The van der Waals surface area contributed by atoms with Crippen molar-refractivity contribution in [2.75, 3.05) is 12.8 Å². The summed E-state index contributed by atoms with van der Waals surface area (Å²) in [7, 11) is 2.16. The van der Waals surface area contributed by atoms with Crippen LogP contribution in [-0.4, -0.2) is 24.1 Å². The molecule has 0 saturated heterocycles. The molecule has 0 aliphatic heterocycles. The molecule has 3 unspecified atom stereocenters. The summed E-state index contributed by atoms with van der Waals surface area (Å²) < 4.78 is 0. The zero-order chi connectivity index (χ0) is 12.1. The minimum absolute atomic E-state index is 0.778. The Hall–Kier alpha value is 0.310. The number of nitrogens with one attached hydrogen (secondary N) is 1. The summed E-state index contributed by atoms with van der Waals surface area (Å²) in [4.78, 5) is 0. The molecule has 0 heterocycles. The summed E-state index contributed by atoms with van der Waals surface area (Å²) in [6.45, 7) is 2.43. The standard InChI is InChI=1S/C15H29NS/c1-12-6-5-9-14(10-12)17-11-15(16-2)13-7-3-4-8-13/h12-16H,3-11H2,1-2H3. The van der Waals surface area contributed by atoms with Crippen molar-refractivity contribution in [2.45, 2.75) is 69.6 Å². The zero-order valence-electron chi connectivity index (χ0n) is 11.6. The summed E-state index contributed by atoms with van der Waals surface area (Å²) in [5.41, 5.74) is 0. The van der Waals surface area contributed by atoms with Gasteiger partial charge in [-0.2, -0.15) is 11.8 Å². The van der Waals surface area contributed by atoms with Gasteiger partial charge in [-0.05, 0) is 44.6 Å². The highest BCUT2D eigenvalue weighted by atomic mass is 32.2. The van der Waals surface area contributed by atoms with E-state index in [2.05, 4.69) is 31.1 Å². The first-order valence-corrected chi connectivity index (χ1v) is 8.63. The van der Waals surface area contributed by atoms with Crippen molar-refractivity contribution < 1.29 is 0 Å². The average Bonchev–Trinajstić information content (AvgIpc) is 2.84. The third-order valence-electron chi connectivity index (χ3n) is 4.74. The van der Waals surface area contributed by atoms with Crippen LogP contribution in [0.4, 0.5) is 0 Å². The van der Waals surface area contributed by atoms with E-state index in [1.54, 1.807) is 0 Å². The first-order chi connectivity index (χ1) is 8.29. The smallest absolute Gasteiger partial charge is 0.0183 e. The monoisotopic (exact) mass is 255 g/mol. The van der Waals surface area contributed by atoms with E-state index in [4.69, 9.17) is 0 Å².